The third-order valence-corrected chi connectivity index (χ3v) is 4.39. The summed E-state index contributed by atoms with van der Waals surface area (Å²) in [6, 6.07) is 9.98. The number of aliphatic carboxylic acids is 1. The van der Waals surface area contributed by atoms with E-state index >= 15 is 0 Å². The van der Waals surface area contributed by atoms with Gasteiger partial charge in [-0.1, -0.05) is 25.4 Å². The lowest BCUT2D eigenvalue weighted by Gasteiger charge is -2.21. The molecular formula is C22H29ClN2O5. The predicted molar refractivity (Wildman–Crippen MR) is 116 cm³/mol. The van der Waals surface area contributed by atoms with Crippen LogP contribution in [0.2, 0.25) is 5.02 Å². The number of esters is 1. The van der Waals surface area contributed by atoms with E-state index in [1.807, 2.05) is 0 Å². The zero-order valence-corrected chi connectivity index (χ0v) is 18.6. The summed E-state index contributed by atoms with van der Waals surface area (Å²) in [4.78, 5) is 28.3. The summed E-state index contributed by atoms with van der Waals surface area (Å²) in [5, 5.41) is 9.39. The zero-order chi connectivity index (χ0) is 22.6. The second-order valence-electron chi connectivity index (χ2n) is 6.78. The number of rotatable bonds is 9. The van der Waals surface area contributed by atoms with Gasteiger partial charge in [-0.25, -0.2) is 9.59 Å². The minimum Gasteiger partial charge on any atom is -0.478 e. The molecule has 0 spiro atoms. The Bertz CT molecular complexity index is 778. The van der Waals surface area contributed by atoms with Crippen molar-refractivity contribution in [1.29, 1.82) is 0 Å². The molecule has 0 amide bonds. The van der Waals surface area contributed by atoms with Crippen molar-refractivity contribution in [2.24, 2.45) is 0 Å². The van der Waals surface area contributed by atoms with Crippen LogP contribution in [-0.2, 0) is 9.53 Å². The molecule has 0 radical (unpaired) electrons. The summed E-state index contributed by atoms with van der Waals surface area (Å²) >= 11 is 5.67. The first-order valence-corrected chi connectivity index (χ1v) is 10.0. The summed E-state index contributed by atoms with van der Waals surface area (Å²) in [6.45, 7) is 10.3. The van der Waals surface area contributed by atoms with Gasteiger partial charge in [-0.05, 0) is 63.3 Å². The third-order valence-electron chi connectivity index (χ3n) is 4.13. The van der Waals surface area contributed by atoms with Crippen molar-refractivity contribution in [2.45, 2.75) is 33.3 Å². The summed E-state index contributed by atoms with van der Waals surface area (Å²) in [7, 11) is 0. The van der Waals surface area contributed by atoms with Gasteiger partial charge in [0.2, 0.25) is 0 Å². The Morgan fingerprint density at radius 3 is 2.27 bits per heavy atom. The van der Waals surface area contributed by atoms with Crippen LogP contribution in [0.25, 0.3) is 0 Å². The lowest BCUT2D eigenvalue weighted by atomic mass is 10.1. The molecule has 164 valence electrons. The Morgan fingerprint density at radius 1 is 1.13 bits per heavy atom. The average Bonchev–Trinajstić information content (AvgIpc) is 2.73. The summed E-state index contributed by atoms with van der Waals surface area (Å²) in [5.41, 5.74) is -0.726. The predicted octanol–water partition coefficient (Wildman–Crippen LogP) is 4.16. The molecule has 1 N–H and O–H groups in total. The number of carboxylic acid groups (broad SMARTS) is 1. The fourth-order valence-electron chi connectivity index (χ4n) is 2.22. The third kappa shape index (κ3) is 9.24. The summed E-state index contributed by atoms with van der Waals surface area (Å²) < 4.78 is 10.4. The molecule has 0 unspecified atom stereocenters. The van der Waals surface area contributed by atoms with Gasteiger partial charge in [-0.15, -0.1) is 0 Å². The first-order chi connectivity index (χ1) is 14.2. The number of aromatic nitrogens is 1. The van der Waals surface area contributed by atoms with Crippen LogP contribution >= 0.6 is 11.6 Å². The normalized spacial score (nSPS) is 10.7. The lowest BCUT2D eigenvalue weighted by molar-refractivity contribution is -0.152. The second kappa shape index (κ2) is 12.8. The fourth-order valence-corrected chi connectivity index (χ4v) is 2.34. The fraction of sp³-hybridized carbons (Fsp3) is 0.409. The number of likely N-dealkylation sites (N-methyl/N-ethyl adjacent to an activating group) is 1. The van der Waals surface area contributed by atoms with E-state index in [9.17, 15) is 9.59 Å². The minimum absolute atomic E-state index is 0.305. The molecule has 0 atom stereocenters. The van der Waals surface area contributed by atoms with Crippen LogP contribution in [0.1, 0.15) is 38.1 Å². The van der Waals surface area contributed by atoms with Crippen LogP contribution in [0.4, 0.5) is 0 Å². The number of pyridine rings is 1. The Morgan fingerprint density at radius 2 is 1.77 bits per heavy atom. The van der Waals surface area contributed by atoms with Gasteiger partial charge in [-0.2, -0.15) is 0 Å². The topological polar surface area (TPSA) is 89.0 Å². The Hall–Kier alpha value is -2.64. The van der Waals surface area contributed by atoms with Gasteiger partial charge in [-0.3, -0.25) is 4.98 Å². The molecule has 7 nitrogen and oxygen atoms in total. The highest BCUT2D eigenvalue weighted by molar-refractivity contribution is 6.30. The Kier molecular flexibility index (Phi) is 10.9. The zero-order valence-electron chi connectivity index (χ0n) is 17.8. The van der Waals surface area contributed by atoms with E-state index in [0.29, 0.717) is 22.9 Å². The first-order valence-electron chi connectivity index (χ1n) is 9.67. The standard InChI is InChI=1S/C12H18N2O2.C10H11ClO3/c1-3-14(4-2)8-9-16-12(15)11-6-5-7-13-10-11;1-10(2,9(12)13)14-8-5-3-7(11)4-6-8/h5-7,10H,3-4,8-9H2,1-2H3;3-6H,1-2H3,(H,12,13). The first kappa shape index (κ1) is 25.4. The minimum atomic E-state index is -1.23. The molecule has 1 aromatic heterocycles. The van der Waals surface area contributed by atoms with Crippen LogP contribution in [0, 0.1) is 0 Å². The Labute approximate surface area is 182 Å². The molecule has 0 saturated heterocycles. The van der Waals surface area contributed by atoms with Crippen LogP contribution < -0.4 is 4.74 Å². The molecular weight excluding hydrogens is 408 g/mol. The molecule has 0 bridgehead atoms. The van der Waals surface area contributed by atoms with Gasteiger partial charge in [0.25, 0.3) is 0 Å². The SMILES string of the molecule is CC(C)(Oc1ccc(Cl)cc1)C(=O)O.CCN(CC)CCOC(=O)c1cccnc1. The van der Waals surface area contributed by atoms with Gasteiger partial charge in [0, 0.05) is 24.0 Å². The van der Waals surface area contributed by atoms with Crippen molar-refractivity contribution >= 4 is 23.5 Å². The number of halogens is 1. The highest BCUT2D eigenvalue weighted by Crippen LogP contribution is 2.20. The molecule has 0 aliphatic carbocycles. The number of carbonyl (C=O) groups excluding carboxylic acids is 1. The maximum Gasteiger partial charge on any atom is 0.347 e. The second-order valence-corrected chi connectivity index (χ2v) is 7.21. The van der Waals surface area contributed by atoms with E-state index in [0.717, 1.165) is 19.6 Å². The molecule has 1 aromatic carbocycles. The highest BCUT2D eigenvalue weighted by atomic mass is 35.5. The molecule has 0 aliphatic rings. The largest absolute Gasteiger partial charge is 0.478 e. The van der Waals surface area contributed by atoms with Crippen LogP contribution in [0.5, 0.6) is 5.75 Å². The van der Waals surface area contributed by atoms with Gasteiger partial charge in [0.1, 0.15) is 12.4 Å². The molecule has 1 heterocycles. The molecule has 0 fully saturated rings. The summed E-state index contributed by atoms with van der Waals surface area (Å²) in [6.07, 6.45) is 3.15. The maximum absolute atomic E-state index is 11.5. The van der Waals surface area contributed by atoms with Crippen molar-refractivity contribution in [3.8, 4) is 5.75 Å². The van der Waals surface area contributed by atoms with E-state index < -0.39 is 11.6 Å². The Balaban J connectivity index is 0.000000303. The average molecular weight is 437 g/mol. The number of carbonyl (C=O) groups is 2. The smallest absolute Gasteiger partial charge is 0.347 e. The summed E-state index contributed by atoms with van der Waals surface area (Å²) in [5.74, 6) is -0.825. The molecule has 2 rings (SSSR count). The van der Waals surface area contributed by atoms with Crippen molar-refractivity contribution < 1.29 is 24.2 Å². The van der Waals surface area contributed by atoms with Gasteiger partial charge in [0.05, 0.1) is 5.56 Å². The number of benzene rings is 1. The van der Waals surface area contributed by atoms with E-state index in [1.165, 1.54) is 20.0 Å². The van der Waals surface area contributed by atoms with Crippen LogP contribution in [0.3, 0.4) is 0 Å². The molecule has 8 heteroatoms. The van der Waals surface area contributed by atoms with Gasteiger partial charge in [0.15, 0.2) is 5.60 Å². The van der Waals surface area contributed by atoms with E-state index in [2.05, 4.69) is 23.7 Å². The molecule has 0 aliphatic heterocycles. The van der Waals surface area contributed by atoms with Crippen molar-refractivity contribution in [1.82, 2.24) is 9.88 Å². The van der Waals surface area contributed by atoms with Gasteiger partial charge >= 0.3 is 11.9 Å². The highest BCUT2D eigenvalue weighted by Gasteiger charge is 2.29. The molecule has 0 saturated carbocycles. The lowest BCUT2D eigenvalue weighted by Crippen LogP contribution is -2.37. The quantitative estimate of drug-likeness (QED) is 0.590. The van der Waals surface area contributed by atoms with Crippen molar-refractivity contribution in [3.63, 3.8) is 0 Å². The monoisotopic (exact) mass is 436 g/mol. The molecule has 30 heavy (non-hydrogen) atoms. The van der Waals surface area contributed by atoms with Crippen LogP contribution in [0.15, 0.2) is 48.8 Å². The number of ether oxygens (including phenoxy) is 2. The van der Waals surface area contributed by atoms with Gasteiger partial charge < -0.3 is 19.5 Å². The van der Waals surface area contributed by atoms with E-state index in [-0.39, 0.29) is 5.97 Å². The maximum atomic E-state index is 11.5. The van der Waals surface area contributed by atoms with Crippen LogP contribution in [-0.4, -0.2) is 58.8 Å². The van der Waals surface area contributed by atoms with E-state index in [1.54, 1.807) is 42.6 Å². The molecule has 2 aromatic rings. The number of hydrogen-bond donors (Lipinski definition) is 1. The van der Waals surface area contributed by atoms with Crippen molar-refractivity contribution in [2.75, 3.05) is 26.2 Å². The number of carboxylic acids is 1. The van der Waals surface area contributed by atoms with Crippen molar-refractivity contribution in [3.05, 3.63) is 59.4 Å². The number of hydrogen-bond acceptors (Lipinski definition) is 6. The van der Waals surface area contributed by atoms with E-state index in [4.69, 9.17) is 26.2 Å². The number of nitrogens with zero attached hydrogens (tertiary/aromatic N) is 2.